The Morgan fingerprint density at radius 3 is 2.56 bits per heavy atom. The second-order valence-corrected chi connectivity index (χ2v) is 11.5. The molecule has 1 aliphatic heterocycles. The number of hydrogen-bond donors (Lipinski definition) is 0. The van der Waals surface area contributed by atoms with Crippen molar-refractivity contribution in [3.8, 4) is 23.3 Å². The molecule has 0 saturated heterocycles. The largest absolute Gasteiger partial charge is 0.493 e. The maximum absolute atomic E-state index is 14.3. The molecule has 4 aromatic rings. The SMILES string of the molecule is CCOC(=O)C1=C(C)N=c2s/c(=C\c3cccc(OC)c3OCc3ccccc3C#N)c(=O)n2[C@@H]1c1ccccc1OC(C)C. The summed E-state index contributed by atoms with van der Waals surface area (Å²) >= 11 is 1.21. The molecule has 0 saturated carbocycles. The molecule has 1 aliphatic rings. The second kappa shape index (κ2) is 13.7. The minimum Gasteiger partial charge on any atom is -0.493 e. The number of allylic oxidation sites excluding steroid dienone is 1. The molecule has 230 valence electrons. The Morgan fingerprint density at radius 1 is 1.09 bits per heavy atom. The Hall–Kier alpha value is -5.14. The van der Waals surface area contributed by atoms with Crippen molar-refractivity contribution in [3.63, 3.8) is 0 Å². The minimum absolute atomic E-state index is 0.126. The highest BCUT2D eigenvalue weighted by Gasteiger charge is 2.35. The fraction of sp³-hybridized carbons (Fsp3) is 0.257. The number of benzene rings is 3. The summed E-state index contributed by atoms with van der Waals surface area (Å²) in [6.07, 6.45) is 1.60. The van der Waals surface area contributed by atoms with Gasteiger partial charge in [0, 0.05) is 16.7 Å². The van der Waals surface area contributed by atoms with E-state index in [1.54, 1.807) is 45.2 Å². The third-order valence-corrected chi connectivity index (χ3v) is 8.10. The van der Waals surface area contributed by atoms with Crippen LogP contribution in [0.4, 0.5) is 0 Å². The lowest BCUT2D eigenvalue weighted by Crippen LogP contribution is -2.40. The molecule has 1 atom stereocenters. The number of carbonyl (C=O) groups is 1. The Bertz CT molecular complexity index is 2000. The van der Waals surface area contributed by atoms with Crippen molar-refractivity contribution in [2.75, 3.05) is 13.7 Å². The van der Waals surface area contributed by atoms with Gasteiger partial charge in [-0.3, -0.25) is 9.36 Å². The van der Waals surface area contributed by atoms with Crippen LogP contribution in [0.3, 0.4) is 0 Å². The molecule has 0 radical (unpaired) electrons. The lowest BCUT2D eigenvalue weighted by Gasteiger charge is -2.26. The Kier molecular flexibility index (Phi) is 9.50. The highest BCUT2D eigenvalue weighted by Crippen LogP contribution is 2.36. The Labute approximate surface area is 264 Å². The summed E-state index contributed by atoms with van der Waals surface area (Å²) in [7, 11) is 1.54. The van der Waals surface area contributed by atoms with Gasteiger partial charge in [-0.05, 0) is 52.0 Å². The van der Waals surface area contributed by atoms with Crippen LogP contribution in [0, 0.1) is 11.3 Å². The maximum Gasteiger partial charge on any atom is 0.338 e. The average Bonchev–Trinajstić information content (AvgIpc) is 3.33. The van der Waals surface area contributed by atoms with Crippen LogP contribution < -0.4 is 29.1 Å². The van der Waals surface area contributed by atoms with E-state index in [4.69, 9.17) is 18.9 Å². The van der Waals surface area contributed by atoms with Crippen LogP contribution in [0.5, 0.6) is 17.2 Å². The maximum atomic E-state index is 14.3. The molecule has 10 heteroatoms. The van der Waals surface area contributed by atoms with Gasteiger partial charge in [-0.2, -0.15) is 5.26 Å². The van der Waals surface area contributed by atoms with Gasteiger partial charge < -0.3 is 18.9 Å². The van der Waals surface area contributed by atoms with Crippen LogP contribution >= 0.6 is 11.3 Å². The van der Waals surface area contributed by atoms with E-state index >= 15 is 0 Å². The number of nitrogens with zero attached hydrogens (tertiary/aromatic N) is 3. The van der Waals surface area contributed by atoms with Crippen LogP contribution in [-0.2, 0) is 16.1 Å². The standard InChI is InChI=1S/C35H33N3O6S/c1-6-42-34(40)30-22(4)37-35-38(31(30)26-15-9-10-16-27(26)44-21(2)3)33(39)29(45-35)18-23-14-11-17-28(41-5)32(23)43-20-25-13-8-7-12-24(25)19-36/h7-18,21,31H,6,20H2,1-5H3/b29-18-/t31-/m1/s1. The summed E-state index contributed by atoms with van der Waals surface area (Å²) in [5.41, 5.74) is 2.90. The number of ether oxygens (including phenoxy) is 4. The fourth-order valence-electron chi connectivity index (χ4n) is 5.16. The van der Waals surface area contributed by atoms with Gasteiger partial charge in [-0.25, -0.2) is 9.79 Å². The van der Waals surface area contributed by atoms with Gasteiger partial charge in [-0.15, -0.1) is 0 Å². The molecule has 45 heavy (non-hydrogen) atoms. The summed E-state index contributed by atoms with van der Waals surface area (Å²) in [5.74, 6) is 0.918. The summed E-state index contributed by atoms with van der Waals surface area (Å²) in [6.45, 7) is 7.62. The molecular formula is C35H33N3O6S. The van der Waals surface area contributed by atoms with Crippen molar-refractivity contribution in [1.29, 1.82) is 5.26 Å². The number of thiazole rings is 1. The first-order valence-electron chi connectivity index (χ1n) is 14.5. The number of esters is 1. The topological polar surface area (TPSA) is 112 Å². The number of fused-ring (bicyclic) bond motifs is 1. The van der Waals surface area contributed by atoms with Crippen molar-refractivity contribution in [2.24, 2.45) is 4.99 Å². The Balaban J connectivity index is 1.67. The van der Waals surface area contributed by atoms with Gasteiger partial charge in [0.1, 0.15) is 18.4 Å². The number of rotatable bonds is 10. The number of para-hydroxylation sites is 2. The lowest BCUT2D eigenvalue weighted by atomic mass is 9.95. The van der Waals surface area contributed by atoms with Crippen LogP contribution in [0.1, 0.15) is 56.0 Å². The number of methoxy groups -OCH3 is 1. The second-order valence-electron chi connectivity index (χ2n) is 10.4. The van der Waals surface area contributed by atoms with Gasteiger partial charge in [-0.1, -0.05) is 59.9 Å². The van der Waals surface area contributed by atoms with Gasteiger partial charge >= 0.3 is 5.97 Å². The van der Waals surface area contributed by atoms with E-state index < -0.39 is 12.0 Å². The fourth-order valence-corrected chi connectivity index (χ4v) is 6.20. The van der Waals surface area contributed by atoms with E-state index in [9.17, 15) is 14.9 Å². The molecule has 0 spiro atoms. The Morgan fingerprint density at radius 2 is 1.82 bits per heavy atom. The summed E-state index contributed by atoms with van der Waals surface area (Å²) in [4.78, 5) is 32.7. The smallest absolute Gasteiger partial charge is 0.338 e. The molecule has 1 aromatic heterocycles. The van der Waals surface area contributed by atoms with E-state index in [0.717, 1.165) is 5.56 Å². The number of hydrogen-bond acceptors (Lipinski definition) is 9. The zero-order valence-electron chi connectivity index (χ0n) is 25.7. The first-order valence-corrected chi connectivity index (χ1v) is 15.3. The molecule has 0 unspecified atom stereocenters. The van der Waals surface area contributed by atoms with E-state index in [1.807, 2.05) is 62.4 Å². The molecule has 0 bridgehead atoms. The highest BCUT2D eigenvalue weighted by atomic mass is 32.1. The number of nitriles is 1. The predicted molar refractivity (Wildman–Crippen MR) is 171 cm³/mol. The summed E-state index contributed by atoms with van der Waals surface area (Å²) < 4.78 is 25.3. The first-order chi connectivity index (χ1) is 21.8. The minimum atomic E-state index is -0.819. The van der Waals surface area contributed by atoms with Crippen LogP contribution in [0.2, 0.25) is 0 Å². The van der Waals surface area contributed by atoms with Crippen LogP contribution in [0.25, 0.3) is 6.08 Å². The van der Waals surface area contributed by atoms with E-state index in [0.29, 0.717) is 49.0 Å². The van der Waals surface area contributed by atoms with E-state index in [2.05, 4.69) is 11.1 Å². The summed E-state index contributed by atoms with van der Waals surface area (Å²) in [6, 6.07) is 21.4. The quantitative estimate of drug-likeness (QED) is 0.228. The monoisotopic (exact) mass is 623 g/mol. The molecular weight excluding hydrogens is 590 g/mol. The van der Waals surface area contributed by atoms with Gasteiger partial charge in [0.25, 0.3) is 5.56 Å². The average molecular weight is 624 g/mol. The normalized spacial score (nSPS) is 14.4. The zero-order valence-corrected chi connectivity index (χ0v) is 26.5. The predicted octanol–water partition coefficient (Wildman–Crippen LogP) is 5.04. The van der Waals surface area contributed by atoms with Crippen LogP contribution in [-0.4, -0.2) is 30.4 Å². The van der Waals surface area contributed by atoms with Crippen molar-refractivity contribution in [2.45, 2.75) is 46.4 Å². The molecule has 0 fully saturated rings. The van der Waals surface area contributed by atoms with Gasteiger partial charge in [0.2, 0.25) is 0 Å². The van der Waals surface area contributed by atoms with Gasteiger partial charge in [0.05, 0.1) is 47.3 Å². The summed E-state index contributed by atoms with van der Waals surface area (Å²) in [5, 5.41) is 9.52. The van der Waals surface area contributed by atoms with Crippen molar-refractivity contribution in [3.05, 3.63) is 120 Å². The van der Waals surface area contributed by atoms with E-state index in [1.165, 1.54) is 15.9 Å². The molecule has 9 nitrogen and oxygen atoms in total. The lowest BCUT2D eigenvalue weighted by molar-refractivity contribution is -0.139. The first kappa shape index (κ1) is 31.3. The molecule has 2 heterocycles. The van der Waals surface area contributed by atoms with Crippen molar-refractivity contribution >= 4 is 23.4 Å². The molecule has 0 amide bonds. The highest BCUT2D eigenvalue weighted by molar-refractivity contribution is 7.07. The third kappa shape index (κ3) is 6.40. The third-order valence-electron chi connectivity index (χ3n) is 7.12. The number of carbonyl (C=O) groups excluding carboxylic acids is 1. The van der Waals surface area contributed by atoms with Crippen molar-refractivity contribution in [1.82, 2.24) is 4.57 Å². The molecule has 0 N–H and O–H groups in total. The molecule has 0 aliphatic carbocycles. The molecule has 3 aromatic carbocycles. The van der Waals surface area contributed by atoms with Crippen LogP contribution in [0.15, 0.2) is 87.8 Å². The van der Waals surface area contributed by atoms with E-state index in [-0.39, 0.29) is 30.5 Å². The zero-order chi connectivity index (χ0) is 32.1. The number of aromatic nitrogens is 1. The van der Waals surface area contributed by atoms with Gasteiger partial charge in [0.15, 0.2) is 16.3 Å². The molecule has 5 rings (SSSR count). The van der Waals surface area contributed by atoms with Crippen molar-refractivity contribution < 1.29 is 23.7 Å².